The molecule has 0 aliphatic rings. The molecule has 22 heavy (non-hydrogen) atoms. The number of hydrogen-bond acceptors (Lipinski definition) is 3. The number of hydrogen-bond donors (Lipinski definition) is 3. The van der Waals surface area contributed by atoms with Gasteiger partial charge >= 0.3 is 6.03 Å². The molecule has 0 aromatic carbocycles. The van der Waals surface area contributed by atoms with Crippen LogP contribution in [0.4, 0.5) is 10.6 Å². The van der Waals surface area contributed by atoms with Gasteiger partial charge in [0.05, 0.1) is 18.3 Å². The summed E-state index contributed by atoms with van der Waals surface area (Å²) in [7, 11) is 0. The quantitative estimate of drug-likeness (QED) is 0.724. The number of aliphatic hydroxyl groups excluding tert-OH is 1. The molecule has 1 rings (SSSR count). The summed E-state index contributed by atoms with van der Waals surface area (Å²) < 4.78 is 1.80. The van der Waals surface area contributed by atoms with Gasteiger partial charge in [0, 0.05) is 18.0 Å². The second kappa shape index (κ2) is 7.63. The molecule has 2 atom stereocenters. The van der Waals surface area contributed by atoms with Gasteiger partial charge in [-0.25, -0.2) is 9.48 Å². The number of carbonyl (C=O) groups is 1. The van der Waals surface area contributed by atoms with Gasteiger partial charge in [0.1, 0.15) is 5.82 Å². The van der Waals surface area contributed by atoms with Crippen LogP contribution >= 0.6 is 0 Å². The molecule has 6 heteroatoms. The number of anilines is 1. The highest BCUT2D eigenvalue weighted by molar-refractivity contribution is 5.88. The molecule has 0 bridgehead atoms. The highest BCUT2D eigenvalue weighted by Gasteiger charge is 2.30. The lowest BCUT2D eigenvalue weighted by Crippen LogP contribution is -2.44. The highest BCUT2D eigenvalue weighted by Crippen LogP contribution is 2.25. The Labute approximate surface area is 133 Å². The van der Waals surface area contributed by atoms with Crippen molar-refractivity contribution < 1.29 is 9.90 Å². The number of urea groups is 1. The normalized spacial score (nSPS) is 14.7. The van der Waals surface area contributed by atoms with E-state index in [1.54, 1.807) is 16.9 Å². The molecule has 0 aliphatic carbocycles. The van der Waals surface area contributed by atoms with E-state index in [4.69, 9.17) is 0 Å². The number of aromatic nitrogens is 2. The third kappa shape index (κ3) is 4.73. The van der Waals surface area contributed by atoms with Gasteiger partial charge in [-0.1, -0.05) is 34.6 Å². The lowest BCUT2D eigenvalue weighted by molar-refractivity contribution is 0.0154. The first-order chi connectivity index (χ1) is 10.2. The van der Waals surface area contributed by atoms with E-state index in [9.17, 15) is 9.90 Å². The van der Waals surface area contributed by atoms with Crippen LogP contribution < -0.4 is 10.6 Å². The van der Waals surface area contributed by atoms with Crippen molar-refractivity contribution in [1.82, 2.24) is 15.1 Å². The fourth-order valence-corrected chi connectivity index (χ4v) is 2.41. The summed E-state index contributed by atoms with van der Waals surface area (Å²) in [5, 5.41) is 20.1. The summed E-state index contributed by atoms with van der Waals surface area (Å²) in [6.45, 7) is 12.4. The van der Waals surface area contributed by atoms with Crippen LogP contribution in [0.3, 0.4) is 0 Å². The van der Waals surface area contributed by atoms with Gasteiger partial charge in [-0.3, -0.25) is 5.32 Å². The van der Waals surface area contributed by atoms with Crippen LogP contribution in [0.5, 0.6) is 0 Å². The average Bonchev–Trinajstić information content (AvgIpc) is 2.91. The van der Waals surface area contributed by atoms with Gasteiger partial charge < -0.3 is 10.4 Å². The number of nitrogens with zero attached hydrogens (tertiary/aromatic N) is 2. The standard InChI is InChI=1S/C16H30N4O2/c1-7-12(4)20-13(8-9-18-20)19-15(22)17-10-16(5,6)14(21)11(2)3/h8-9,11-12,14,21H,7,10H2,1-6H3,(H2,17,19,22). The van der Waals surface area contributed by atoms with Crippen LogP contribution in [0.2, 0.25) is 0 Å². The topological polar surface area (TPSA) is 79.2 Å². The third-order valence-corrected chi connectivity index (χ3v) is 4.06. The van der Waals surface area contributed by atoms with E-state index in [-0.39, 0.29) is 23.4 Å². The first-order valence-corrected chi connectivity index (χ1v) is 7.95. The number of amides is 2. The molecule has 1 heterocycles. The molecule has 3 N–H and O–H groups in total. The van der Waals surface area contributed by atoms with Gasteiger partial charge in [-0.15, -0.1) is 0 Å². The Bertz CT molecular complexity index is 482. The minimum Gasteiger partial charge on any atom is -0.392 e. The predicted molar refractivity (Wildman–Crippen MR) is 88.9 cm³/mol. The molecule has 2 unspecified atom stereocenters. The first-order valence-electron chi connectivity index (χ1n) is 7.95. The van der Waals surface area contributed by atoms with Crippen LogP contribution in [-0.2, 0) is 0 Å². The molecular weight excluding hydrogens is 280 g/mol. The van der Waals surface area contributed by atoms with Crippen molar-refractivity contribution in [2.24, 2.45) is 11.3 Å². The minimum atomic E-state index is -0.474. The Morgan fingerprint density at radius 2 is 2.05 bits per heavy atom. The van der Waals surface area contributed by atoms with E-state index < -0.39 is 6.10 Å². The van der Waals surface area contributed by atoms with E-state index in [1.165, 1.54) is 0 Å². The summed E-state index contributed by atoms with van der Waals surface area (Å²) in [6.07, 6.45) is 2.14. The van der Waals surface area contributed by atoms with Crippen molar-refractivity contribution in [3.05, 3.63) is 12.3 Å². The minimum absolute atomic E-state index is 0.145. The lowest BCUT2D eigenvalue weighted by atomic mass is 9.81. The summed E-state index contributed by atoms with van der Waals surface area (Å²) in [5.41, 5.74) is -0.386. The highest BCUT2D eigenvalue weighted by atomic mass is 16.3. The number of nitrogens with one attached hydrogen (secondary N) is 2. The van der Waals surface area contributed by atoms with Crippen molar-refractivity contribution in [2.75, 3.05) is 11.9 Å². The number of rotatable bonds is 7. The molecular formula is C16H30N4O2. The first kappa shape index (κ1) is 18.5. The molecule has 0 radical (unpaired) electrons. The maximum atomic E-state index is 12.1. The summed E-state index contributed by atoms with van der Waals surface area (Å²) in [6, 6.07) is 1.72. The molecule has 1 aromatic heterocycles. The van der Waals surface area contributed by atoms with Crippen LogP contribution in [0, 0.1) is 11.3 Å². The third-order valence-electron chi connectivity index (χ3n) is 4.06. The van der Waals surface area contributed by atoms with Gasteiger partial charge in [0.25, 0.3) is 0 Å². The fourth-order valence-electron chi connectivity index (χ4n) is 2.41. The predicted octanol–water partition coefficient (Wildman–Crippen LogP) is 3.02. The molecule has 2 amide bonds. The number of carbonyl (C=O) groups excluding carboxylic acids is 1. The molecule has 6 nitrogen and oxygen atoms in total. The van der Waals surface area contributed by atoms with Crippen molar-refractivity contribution in [1.29, 1.82) is 0 Å². The Balaban J connectivity index is 2.59. The molecule has 126 valence electrons. The smallest absolute Gasteiger partial charge is 0.320 e. The molecule has 0 aliphatic heterocycles. The van der Waals surface area contributed by atoms with Gasteiger partial charge in [-0.05, 0) is 19.3 Å². The zero-order valence-electron chi connectivity index (χ0n) is 14.6. The van der Waals surface area contributed by atoms with E-state index in [1.807, 2.05) is 27.7 Å². The zero-order valence-corrected chi connectivity index (χ0v) is 14.6. The Kier molecular flexibility index (Phi) is 6.41. The SMILES string of the molecule is CCC(C)n1nccc1NC(=O)NCC(C)(C)C(O)C(C)C. The van der Waals surface area contributed by atoms with Crippen molar-refractivity contribution in [3.8, 4) is 0 Å². The van der Waals surface area contributed by atoms with Gasteiger partial charge in [0.15, 0.2) is 0 Å². The number of aliphatic hydroxyl groups is 1. The second-order valence-electron chi connectivity index (χ2n) is 6.90. The van der Waals surface area contributed by atoms with Crippen molar-refractivity contribution in [3.63, 3.8) is 0 Å². The van der Waals surface area contributed by atoms with Crippen LogP contribution in [0.25, 0.3) is 0 Å². The maximum absolute atomic E-state index is 12.1. The Morgan fingerprint density at radius 1 is 1.41 bits per heavy atom. The second-order valence-corrected chi connectivity index (χ2v) is 6.90. The van der Waals surface area contributed by atoms with E-state index >= 15 is 0 Å². The Hall–Kier alpha value is -1.56. The van der Waals surface area contributed by atoms with Crippen LogP contribution in [0.1, 0.15) is 54.0 Å². The summed E-state index contributed by atoms with van der Waals surface area (Å²) in [5.74, 6) is 0.820. The van der Waals surface area contributed by atoms with Crippen molar-refractivity contribution in [2.45, 2.75) is 60.1 Å². The lowest BCUT2D eigenvalue weighted by Gasteiger charge is -2.33. The molecule has 0 spiro atoms. The summed E-state index contributed by atoms with van der Waals surface area (Å²) >= 11 is 0. The van der Waals surface area contributed by atoms with Crippen LogP contribution in [-0.4, -0.2) is 33.6 Å². The molecule has 0 saturated carbocycles. The van der Waals surface area contributed by atoms with Crippen molar-refractivity contribution >= 4 is 11.8 Å². The monoisotopic (exact) mass is 310 g/mol. The molecule has 0 saturated heterocycles. The maximum Gasteiger partial charge on any atom is 0.320 e. The van der Waals surface area contributed by atoms with Gasteiger partial charge in [-0.2, -0.15) is 5.10 Å². The van der Waals surface area contributed by atoms with E-state index in [0.717, 1.165) is 6.42 Å². The van der Waals surface area contributed by atoms with E-state index in [0.29, 0.717) is 12.4 Å². The fraction of sp³-hybridized carbons (Fsp3) is 0.750. The van der Waals surface area contributed by atoms with Crippen LogP contribution in [0.15, 0.2) is 12.3 Å². The summed E-state index contributed by atoms with van der Waals surface area (Å²) in [4.78, 5) is 12.1. The van der Waals surface area contributed by atoms with Gasteiger partial charge in [0.2, 0.25) is 0 Å². The average molecular weight is 310 g/mol. The molecule has 0 fully saturated rings. The van der Waals surface area contributed by atoms with E-state index in [2.05, 4.69) is 29.6 Å². The largest absolute Gasteiger partial charge is 0.392 e. The molecule has 1 aromatic rings. The Morgan fingerprint density at radius 3 is 2.59 bits per heavy atom. The zero-order chi connectivity index (χ0) is 16.9.